The van der Waals surface area contributed by atoms with Gasteiger partial charge in [0, 0.05) is 41.1 Å². The van der Waals surface area contributed by atoms with Crippen LogP contribution in [0.25, 0.3) is 16.7 Å². The van der Waals surface area contributed by atoms with E-state index in [4.69, 9.17) is 11.6 Å². The molecule has 0 spiro atoms. The molecule has 36 heavy (non-hydrogen) atoms. The molecule has 2 heterocycles. The number of allylic oxidation sites excluding steroid dienone is 3. The zero-order chi connectivity index (χ0) is 26.0. The number of nitrogens with zero attached hydrogens (tertiary/aromatic N) is 3. The first kappa shape index (κ1) is 25.4. The lowest BCUT2D eigenvalue weighted by Gasteiger charge is -2.27. The highest BCUT2D eigenvalue weighted by Gasteiger charge is 2.34. The third-order valence-electron chi connectivity index (χ3n) is 6.29. The zero-order valence-electron chi connectivity index (χ0n) is 19.7. The van der Waals surface area contributed by atoms with Crippen LogP contribution in [-0.4, -0.2) is 51.2 Å². The Morgan fingerprint density at radius 3 is 2.50 bits per heavy atom. The van der Waals surface area contributed by atoms with E-state index < -0.39 is 18.0 Å². The zero-order valence-corrected chi connectivity index (χ0v) is 20.4. The monoisotopic (exact) mass is 505 g/mol. The number of benzene rings is 2. The van der Waals surface area contributed by atoms with Gasteiger partial charge in [-0.1, -0.05) is 49.4 Å². The molecule has 0 bridgehead atoms. The van der Waals surface area contributed by atoms with Crippen LogP contribution in [0.3, 0.4) is 0 Å². The van der Waals surface area contributed by atoms with Crippen LogP contribution in [0.1, 0.15) is 18.9 Å². The maximum absolute atomic E-state index is 14.8. The van der Waals surface area contributed by atoms with Crippen LogP contribution < -0.4 is 0 Å². The fraction of sp³-hybridized carbons (Fsp3) is 0.214. The fourth-order valence-electron chi connectivity index (χ4n) is 4.46. The van der Waals surface area contributed by atoms with Crippen molar-refractivity contribution in [3.05, 3.63) is 101 Å². The van der Waals surface area contributed by atoms with E-state index in [9.17, 15) is 24.7 Å². The van der Waals surface area contributed by atoms with Crippen molar-refractivity contribution < 1.29 is 19.4 Å². The Hall–Kier alpha value is -3.70. The van der Waals surface area contributed by atoms with E-state index in [1.807, 2.05) is 19.1 Å². The first-order valence-corrected chi connectivity index (χ1v) is 11.8. The van der Waals surface area contributed by atoms with Crippen LogP contribution in [0.15, 0.2) is 84.4 Å². The van der Waals surface area contributed by atoms with E-state index in [2.05, 4.69) is 12.6 Å². The van der Waals surface area contributed by atoms with Crippen LogP contribution >= 0.6 is 11.6 Å². The highest BCUT2D eigenvalue weighted by Crippen LogP contribution is 2.36. The summed E-state index contributed by atoms with van der Waals surface area (Å²) in [7, 11) is 0. The molecule has 2 atom stereocenters. The smallest absolute Gasteiger partial charge is 0.254 e. The second kappa shape index (κ2) is 10.5. The van der Waals surface area contributed by atoms with E-state index in [-0.39, 0.29) is 19.0 Å². The summed E-state index contributed by atoms with van der Waals surface area (Å²) in [6, 6.07) is 14.0. The Labute approximate surface area is 214 Å². The van der Waals surface area contributed by atoms with Crippen LogP contribution in [-0.2, 0) is 4.79 Å². The van der Waals surface area contributed by atoms with Crippen LogP contribution in [0.2, 0.25) is 5.02 Å². The minimum Gasteiger partial charge on any atom is -0.388 e. The van der Waals surface area contributed by atoms with Gasteiger partial charge in [0.1, 0.15) is 17.6 Å². The van der Waals surface area contributed by atoms with Gasteiger partial charge < -0.3 is 20.0 Å². The summed E-state index contributed by atoms with van der Waals surface area (Å²) in [5.74, 6) is -0.807. The summed E-state index contributed by atoms with van der Waals surface area (Å²) >= 11 is 5.94. The molecule has 0 saturated carbocycles. The number of halogens is 2. The number of rotatable bonds is 5. The van der Waals surface area contributed by atoms with Crippen molar-refractivity contribution in [3.8, 4) is 17.2 Å². The first-order chi connectivity index (χ1) is 17.2. The normalized spacial score (nSPS) is 20.2. The summed E-state index contributed by atoms with van der Waals surface area (Å²) in [6.07, 6.45) is 3.25. The number of amides is 1. The fourth-order valence-corrected chi connectivity index (χ4v) is 4.62. The van der Waals surface area contributed by atoms with Gasteiger partial charge in [-0.2, -0.15) is 5.26 Å². The summed E-state index contributed by atoms with van der Waals surface area (Å²) in [5, 5.41) is 30.0. The first-order valence-electron chi connectivity index (χ1n) is 11.5. The minimum absolute atomic E-state index is 0.0444. The van der Waals surface area contributed by atoms with E-state index in [0.29, 0.717) is 50.7 Å². The number of β-amino-alcohol motifs (C(OH)–C–C–N with tert-alkyl or cyclic N) is 2. The molecule has 2 aromatic carbocycles. The van der Waals surface area contributed by atoms with Crippen LogP contribution in [0.4, 0.5) is 4.39 Å². The quantitative estimate of drug-likeness (QED) is 0.579. The van der Waals surface area contributed by atoms with E-state index in [1.54, 1.807) is 47.5 Å². The molecule has 0 radical (unpaired) electrons. The molecule has 4 rings (SSSR count). The van der Waals surface area contributed by atoms with Crippen molar-refractivity contribution in [2.45, 2.75) is 25.6 Å². The summed E-state index contributed by atoms with van der Waals surface area (Å²) in [6.45, 7) is 6.04. The molecular weight excluding hydrogens is 481 g/mol. The standard InChI is InChI=1S/C28H25ClFN3O3/c1-3-20(21-6-4-5-7-22(21)23-9-8-19(29)13-24(23)30)25(14-31)33-11-10-18(12-17(33)2)28(36)32-15-26(34)27(35)16-32/h4-13,26-27,34-35H,2-3,15-16H2,1H3/b25-20+. The van der Waals surface area contributed by atoms with Gasteiger partial charge in [0.25, 0.3) is 5.91 Å². The van der Waals surface area contributed by atoms with Crippen LogP contribution in [0, 0.1) is 17.1 Å². The maximum atomic E-state index is 14.8. The average molecular weight is 506 g/mol. The molecule has 1 fully saturated rings. The van der Waals surface area contributed by atoms with Crippen molar-refractivity contribution in [1.82, 2.24) is 9.80 Å². The number of aliphatic hydroxyl groups is 2. The van der Waals surface area contributed by atoms with E-state index in [1.165, 1.54) is 11.0 Å². The number of likely N-dealkylation sites (tertiary alicyclic amines) is 1. The molecule has 6 nitrogen and oxygen atoms in total. The van der Waals surface area contributed by atoms with Crippen molar-refractivity contribution in [3.63, 3.8) is 0 Å². The third-order valence-corrected chi connectivity index (χ3v) is 6.52. The molecule has 0 aromatic heterocycles. The van der Waals surface area contributed by atoms with Crippen LogP contribution in [0.5, 0.6) is 0 Å². The lowest BCUT2D eigenvalue weighted by Crippen LogP contribution is -2.32. The van der Waals surface area contributed by atoms with Crippen molar-refractivity contribution in [2.75, 3.05) is 13.1 Å². The Morgan fingerprint density at radius 1 is 1.19 bits per heavy atom. The van der Waals surface area contributed by atoms with E-state index >= 15 is 0 Å². The molecule has 2 aliphatic rings. The van der Waals surface area contributed by atoms with Gasteiger partial charge in [0.05, 0.1) is 12.2 Å². The molecule has 1 saturated heterocycles. The summed E-state index contributed by atoms with van der Waals surface area (Å²) in [4.78, 5) is 15.8. The predicted octanol–water partition coefficient (Wildman–Crippen LogP) is 4.62. The van der Waals surface area contributed by atoms with Gasteiger partial charge in [-0.05, 0) is 53.5 Å². The number of carbonyl (C=O) groups excluding carboxylic acids is 1. The van der Waals surface area contributed by atoms with Gasteiger partial charge in [0.2, 0.25) is 0 Å². The summed E-state index contributed by atoms with van der Waals surface area (Å²) in [5.41, 5.74) is 3.41. The lowest BCUT2D eigenvalue weighted by molar-refractivity contribution is -0.126. The second-order valence-corrected chi connectivity index (χ2v) is 9.02. The number of hydrogen-bond donors (Lipinski definition) is 2. The minimum atomic E-state index is -0.979. The summed E-state index contributed by atoms with van der Waals surface area (Å²) < 4.78 is 14.8. The van der Waals surface area contributed by atoms with Gasteiger partial charge >= 0.3 is 0 Å². The third kappa shape index (κ3) is 4.84. The molecule has 0 aliphatic carbocycles. The van der Waals surface area contributed by atoms with Gasteiger partial charge in [-0.15, -0.1) is 0 Å². The van der Waals surface area contributed by atoms with Gasteiger partial charge in [-0.25, -0.2) is 4.39 Å². The number of aliphatic hydroxyl groups excluding tert-OH is 2. The van der Waals surface area contributed by atoms with Crippen molar-refractivity contribution in [1.29, 1.82) is 5.26 Å². The Morgan fingerprint density at radius 2 is 1.89 bits per heavy atom. The highest BCUT2D eigenvalue weighted by atomic mass is 35.5. The maximum Gasteiger partial charge on any atom is 0.254 e. The lowest BCUT2D eigenvalue weighted by atomic mass is 9.91. The number of nitriles is 1. The topological polar surface area (TPSA) is 87.8 Å². The van der Waals surface area contributed by atoms with Crippen molar-refractivity contribution in [2.24, 2.45) is 0 Å². The Bertz CT molecular complexity index is 1350. The number of hydrogen-bond acceptors (Lipinski definition) is 5. The Balaban J connectivity index is 1.70. The van der Waals surface area contributed by atoms with Gasteiger partial charge in [0.15, 0.2) is 0 Å². The molecule has 2 N–H and O–H groups in total. The molecule has 184 valence electrons. The van der Waals surface area contributed by atoms with Crippen molar-refractivity contribution >= 4 is 23.1 Å². The second-order valence-electron chi connectivity index (χ2n) is 8.58. The molecule has 8 heteroatoms. The molecule has 2 unspecified atom stereocenters. The SMILES string of the molecule is C=C1C=C(C(=O)N2CC(O)C(O)C2)C=CN1/C(C#N)=C(\CC)c1ccccc1-c1ccc(Cl)cc1F. The largest absolute Gasteiger partial charge is 0.388 e. The molecule has 2 aliphatic heterocycles. The molecule has 1 amide bonds. The van der Waals surface area contributed by atoms with E-state index in [0.717, 1.165) is 0 Å². The average Bonchev–Trinajstić information content (AvgIpc) is 3.20. The number of carbonyl (C=O) groups is 1. The molecule has 2 aromatic rings. The van der Waals surface area contributed by atoms with Gasteiger partial charge in [-0.3, -0.25) is 4.79 Å². The highest BCUT2D eigenvalue weighted by molar-refractivity contribution is 6.30. The Kier molecular flexibility index (Phi) is 7.41. The molecular formula is C28H25ClFN3O3. The predicted molar refractivity (Wildman–Crippen MR) is 136 cm³/mol.